The van der Waals surface area contributed by atoms with Gasteiger partial charge in [0.05, 0.1) is 0 Å². The molecule has 27 valence electrons. The molecule has 0 amide bonds. The molecule has 0 rings (SSSR count). The summed E-state index contributed by atoms with van der Waals surface area (Å²) in [4.78, 5) is 0. The van der Waals surface area contributed by atoms with Gasteiger partial charge in [0, 0.05) is 73.3 Å². The molecule has 0 saturated carbocycles. The molecule has 0 aliphatic heterocycles. The van der Waals surface area contributed by atoms with Crippen LogP contribution in [0, 0.1) is 0 Å². The molecule has 0 unspecified atom stereocenters. The average molecular weight is 607 g/mol. The van der Waals surface area contributed by atoms with Crippen LogP contribution in [0.2, 0.25) is 0 Å². The summed E-state index contributed by atoms with van der Waals surface area (Å²) in [5.41, 5.74) is 0. The van der Waals surface area contributed by atoms with E-state index in [0.29, 0.717) is 0 Å². The predicted octanol–water partition coefficient (Wildman–Crippen LogP) is -2.97. The molecule has 0 spiro atoms. The van der Waals surface area contributed by atoms with Crippen molar-refractivity contribution in [2.75, 3.05) is 0 Å². The molecule has 0 N–H and O–H groups in total. The normalized spacial score (nSPS) is 0. The van der Waals surface area contributed by atoms with Gasteiger partial charge in [-0.2, -0.15) is 0 Å². The Morgan fingerprint density at radius 2 is 0.400 bits per heavy atom. The zero-order chi connectivity index (χ0) is 0. The Kier molecular flexibility index (Phi) is 174. The standard InChI is InChI=1S/3Sb.2Sn.4H. The van der Waals surface area contributed by atoms with Crippen molar-refractivity contribution in [3.63, 3.8) is 0 Å². The maximum absolute atomic E-state index is 0. The molecule has 0 aliphatic rings. The third-order valence-electron chi connectivity index (χ3n) is 0. The molecular formula is H4Sb3Sn2. The summed E-state index contributed by atoms with van der Waals surface area (Å²) < 4.78 is 0. The first kappa shape index (κ1) is 35.7. The van der Waals surface area contributed by atoms with E-state index in [9.17, 15) is 0 Å². The third kappa shape index (κ3) is 18.0. The van der Waals surface area contributed by atoms with Gasteiger partial charge in [0.25, 0.3) is 0 Å². The summed E-state index contributed by atoms with van der Waals surface area (Å²) in [5.74, 6) is 0. The Hall–Kier alpha value is 4.05. The summed E-state index contributed by atoms with van der Waals surface area (Å²) in [6.07, 6.45) is 0. The van der Waals surface area contributed by atoms with Crippen molar-refractivity contribution in [2.24, 2.45) is 0 Å². The Morgan fingerprint density at radius 3 is 0.400 bits per heavy atom. The Bertz CT molecular complexity index is 4.85. The van der Waals surface area contributed by atoms with E-state index in [1.165, 1.54) is 0 Å². The average Bonchev–Trinajstić information content (AvgIpc) is 0. The van der Waals surface area contributed by atoms with E-state index >= 15 is 0 Å². The quantitative estimate of drug-likeness (QED) is 0.259. The first-order valence-electron chi connectivity index (χ1n) is 0. The van der Waals surface area contributed by atoms with Crippen LogP contribution in [0.5, 0.6) is 0 Å². The van der Waals surface area contributed by atoms with Crippen molar-refractivity contribution in [2.45, 2.75) is 0 Å². The zero-order valence-corrected chi connectivity index (χ0v) is 18.5. The van der Waals surface area contributed by atoms with Crippen molar-refractivity contribution in [3.05, 3.63) is 0 Å². The van der Waals surface area contributed by atoms with Crippen LogP contribution in [0.1, 0.15) is 0 Å². The molecule has 0 nitrogen and oxygen atoms in total. The van der Waals surface area contributed by atoms with Crippen LogP contribution in [-0.4, -0.2) is 121 Å². The molecule has 0 aliphatic carbocycles. The van der Waals surface area contributed by atoms with Crippen LogP contribution in [0.4, 0.5) is 0 Å². The fourth-order valence-electron chi connectivity index (χ4n) is 0. The molecule has 0 aromatic heterocycles. The van der Waals surface area contributed by atoms with E-state index in [4.69, 9.17) is 0 Å². The maximum atomic E-state index is 0. The van der Waals surface area contributed by atoms with Gasteiger partial charge in [0.15, 0.2) is 0 Å². The Labute approximate surface area is 118 Å². The molecular weight excluding hydrogens is 603 g/mol. The van der Waals surface area contributed by atoms with E-state index in [1.54, 1.807) is 0 Å². The molecule has 0 aromatic rings. The van der Waals surface area contributed by atoms with Crippen LogP contribution in [0.25, 0.3) is 0 Å². The molecule has 0 saturated heterocycles. The molecule has 0 atom stereocenters. The molecule has 0 bridgehead atoms. The van der Waals surface area contributed by atoms with E-state index in [-0.39, 0.29) is 121 Å². The number of hydrogen-bond donors (Lipinski definition) is 0. The minimum absolute atomic E-state index is 0. The van der Waals surface area contributed by atoms with Crippen molar-refractivity contribution in [1.29, 1.82) is 0 Å². The second-order valence-electron chi connectivity index (χ2n) is 0. The molecule has 5 heteroatoms. The first-order chi connectivity index (χ1) is 0. The molecule has 5 heavy (non-hydrogen) atoms. The number of rotatable bonds is 0. The van der Waals surface area contributed by atoms with Crippen molar-refractivity contribution >= 4 is 121 Å². The summed E-state index contributed by atoms with van der Waals surface area (Å²) in [6, 6.07) is 0. The topological polar surface area (TPSA) is 0 Å². The van der Waals surface area contributed by atoms with Gasteiger partial charge in [-0.3, -0.25) is 0 Å². The second kappa shape index (κ2) is 24.4. The van der Waals surface area contributed by atoms with Gasteiger partial charge in [-0.1, -0.05) is 0 Å². The van der Waals surface area contributed by atoms with Gasteiger partial charge < -0.3 is 0 Å². The van der Waals surface area contributed by atoms with Gasteiger partial charge in [0.2, 0.25) is 0 Å². The molecule has 0 fully saturated rings. The van der Waals surface area contributed by atoms with Gasteiger partial charge in [-0.15, -0.1) is 0 Å². The van der Waals surface area contributed by atoms with Gasteiger partial charge >= 0.3 is 47.8 Å². The van der Waals surface area contributed by atoms with Crippen LogP contribution in [-0.2, 0) is 0 Å². The number of hydrogen-bond acceptors (Lipinski definition) is 0. The fraction of sp³-hybridized carbons (Fsp3) is 0. The van der Waals surface area contributed by atoms with Crippen LogP contribution in [0.3, 0.4) is 0 Å². The molecule has 0 aromatic carbocycles. The zero-order valence-electron chi connectivity index (χ0n) is 2.76. The van der Waals surface area contributed by atoms with Crippen LogP contribution in [0.15, 0.2) is 0 Å². The molecule has 13 radical (unpaired) electrons. The van der Waals surface area contributed by atoms with E-state index in [0.717, 1.165) is 0 Å². The van der Waals surface area contributed by atoms with Gasteiger partial charge in [0.1, 0.15) is 0 Å². The van der Waals surface area contributed by atoms with Crippen LogP contribution < -0.4 is 0 Å². The first-order valence-corrected chi connectivity index (χ1v) is 0. The summed E-state index contributed by atoms with van der Waals surface area (Å²) in [6.45, 7) is 0. The third-order valence-corrected chi connectivity index (χ3v) is 0. The Balaban J connectivity index is 0. The van der Waals surface area contributed by atoms with E-state index in [1.807, 2.05) is 0 Å². The SMILES string of the molecule is [Sb].[Sb].[Sb].[SnH2].[SnH2]. The second-order valence-corrected chi connectivity index (χ2v) is 0. The summed E-state index contributed by atoms with van der Waals surface area (Å²) >= 11 is 0. The Morgan fingerprint density at radius 1 is 0.400 bits per heavy atom. The van der Waals surface area contributed by atoms with E-state index in [2.05, 4.69) is 0 Å². The van der Waals surface area contributed by atoms with Crippen molar-refractivity contribution < 1.29 is 0 Å². The summed E-state index contributed by atoms with van der Waals surface area (Å²) in [7, 11) is 0. The summed E-state index contributed by atoms with van der Waals surface area (Å²) in [5, 5.41) is 0. The predicted molar refractivity (Wildman–Crippen MR) is 34.4 cm³/mol. The van der Waals surface area contributed by atoms with Crippen molar-refractivity contribution in [1.82, 2.24) is 0 Å². The molecule has 0 heterocycles. The van der Waals surface area contributed by atoms with Crippen molar-refractivity contribution in [3.8, 4) is 0 Å². The van der Waals surface area contributed by atoms with Gasteiger partial charge in [-0.05, 0) is 0 Å². The van der Waals surface area contributed by atoms with Gasteiger partial charge in [-0.25, -0.2) is 0 Å². The fourth-order valence-corrected chi connectivity index (χ4v) is 0. The van der Waals surface area contributed by atoms with Crippen LogP contribution >= 0.6 is 0 Å². The monoisotopic (exact) mass is 607 g/mol. The minimum atomic E-state index is 0. The van der Waals surface area contributed by atoms with E-state index < -0.39 is 0 Å².